The van der Waals surface area contributed by atoms with Crippen molar-refractivity contribution >= 4 is 23.0 Å². The number of nitrogen functional groups attached to an aromatic ring is 1. The summed E-state index contributed by atoms with van der Waals surface area (Å²) in [5, 5.41) is 0.784. The number of aryl methyl sites for hydroxylation is 1. The smallest absolute Gasteiger partial charge is 0.0429 e. The number of halogens is 1. The van der Waals surface area contributed by atoms with Crippen LogP contribution in [0.3, 0.4) is 0 Å². The van der Waals surface area contributed by atoms with E-state index in [4.69, 9.17) is 17.3 Å². The summed E-state index contributed by atoms with van der Waals surface area (Å²) < 4.78 is 0. The molecule has 2 N–H and O–H groups in total. The maximum Gasteiger partial charge on any atom is 0.0429 e. The van der Waals surface area contributed by atoms with Crippen molar-refractivity contribution < 1.29 is 0 Å². The van der Waals surface area contributed by atoms with Crippen LogP contribution in [0.4, 0.5) is 11.4 Å². The molecule has 3 heteroatoms. The van der Waals surface area contributed by atoms with Crippen molar-refractivity contribution in [3.8, 4) is 0 Å². The van der Waals surface area contributed by atoms with Gasteiger partial charge in [0.15, 0.2) is 0 Å². The predicted octanol–water partition coefficient (Wildman–Crippen LogP) is 3.88. The normalized spacial score (nSPS) is 14.3. The van der Waals surface area contributed by atoms with E-state index in [1.54, 1.807) is 0 Å². The molecule has 0 saturated heterocycles. The second kappa shape index (κ2) is 5.14. The van der Waals surface area contributed by atoms with Crippen molar-refractivity contribution in [1.82, 2.24) is 0 Å². The lowest BCUT2D eigenvalue weighted by atomic mass is 10.0. The zero-order valence-corrected chi connectivity index (χ0v) is 11.5. The molecule has 0 atom stereocenters. The maximum absolute atomic E-state index is 5.93. The van der Waals surface area contributed by atoms with Gasteiger partial charge in [-0.2, -0.15) is 0 Å². The van der Waals surface area contributed by atoms with Crippen LogP contribution in [-0.4, -0.2) is 6.54 Å². The Morgan fingerprint density at radius 3 is 2.68 bits per heavy atom. The zero-order valence-electron chi connectivity index (χ0n) is 10.8. The third kappa shape index (κ3) is 2.69. The molecule has 0 spiro atoms. The van der Waals surface area contributed by atoms with Crippen LogP contribution in [0.25, 0.3) is 0 Å². The van der Waals surface area contributed by atoms with Gasteiger partial charge in [0.1, 0.15) is 0 Å². The Kier molecular flexibility index (Phi) is 3.34. The first kappa shape index (κ1) is 12.4. The summed E-state index contributed by atoms with van der Waals surface area (Å²) >= 11 is 5.93. The molecule has 2 aromatic carbocycles. The minimum atomic E-state index is 0.784. The quantitative estimate of drug-likeness (QED) is 0.841. The van der Waals surface area contributed by atoms with E-state index in [9.17, 15) is 0 Å². The van der Waals surface area contributed by atoms with Gasteiger partial charge in [0.25, 0.3) is 0 Å². The molecule has 2 nitrogen and oxygen atoms in total. The Morgan fingerprint density at radius 1 is 1.11 bits per heavy atom. The lowest BCUT2D eigenvalue weighted by Crippen LogP contribution is -2.28. The molecule has 2 aromatic rings. The van der Waals surface area contributed by atoms with Gasteiger partial charge in [0, 0.05) is 29.5 Å². The molecule has 0 fully saturated rings. The molecule has 1 aliphatic rings. The highest BCUT2D eigenvalue weighted by Gasteiger charge is 2.16. The van der Waals surface area contributed by atoms with E-state index in [1.165, 1.54) is 23.2 Å². The summed E-state index contributed by atoms with van der Waals surface area (Å²) in [5.41, 5.74) is 10.7. The monoisotopic (exact) mass is 272 g/mol. The van der Waals surface area contributed by atoms with E-state index in [0.29, 0.717) is 0 Å². The highest BCUT2D eigenvalue weighted by molar-refractivity contribution is 6.30. The Labute approximate surface area is 118 Å². The van der Waals surface area contributed by atoms with Gasteiger partial charge in [-0.15, -0.1) is 0 Å². The Balaban J connectivity index is 1.87. The Bertz CT molecular complexity index is 578. The van der Waals surface area contributed by atoms with E-state index >= 15 is 0 Å². The lowest BCUT2D eigenvalue weighted by molar-refractivity contribution is 0.691. The molecular formula is C16H17ClN2. The highest BCUT2D eigenvalue weighted by atomic mass is 35.5. The van der Waals surface area contributed by atoms with Gasteiger partial charge in [0.05, 0.1) is 0 Å². The average molecular weight is 273 g/mol. The SMILES string of the molecule is Nc1ccc2c(c1)N(Cc1ccc(Cl)cc1)CCC2. The van der Waals surface area contributed by atoms with Gasteiger partial charge in [-0.1, -0.05) is 29.8 Å². The molecule has 0 aliphatic carbocycles. The average Bonchev–Trinajstić information content (AvgIpc) is 2.42. The Hall–Kier alpha value is -1.67. The van der Waals surface area contributed by atoms with E-state index in [-0.39, 0.29) is 0 Å². The molecule has 1 heterocycles. The Morgan fingerprint density at radius 2 is 1.89 bits per heavy atom. The molecule has 3 rings (SSSR count). The molecule has 0 radical (unpaired) electrons. The summed E-state index contributed by atoms with van der Waals surface area (Å²) in [6.07, 6.45) is 2.34. The summed E-state index contributed by atoms with van der Waals surface area (Å²) in [6, 6.07) is 14.3. The van der Waals surface area contributed by atoms with E-state index < -0.39 is 0 Å². The number of rotatable bonds is 2. The molecule has 0 unspecified atom stereocenters. The second-order valence-electron chi connectivity index (χ2n) is 5.04. The number of nitrogens with two attached hydrogens (primary N) is 1. The standard InChI is InChI=1S/C16H17ClN2/c17-14-6-3-12(4-7-14)11-19-9-1-2-13-5-8-15(18)10-16(13)19/h3-8,10H,1-2,9,11,18H2. The van der Waals surface area contributed by atoms with Crippen molar-refractivity contribution in [2.45, 2.75) is 19.4 Å². The minimum absolute atomic E-state index is 0.784. The van der Waals surface area contributed by atoms with Gasteiger partial charge in [-0.3, -0.25) is 0 Å². The fraction of sp³-hybridized carbons (Fsp3) is 0.250. The first-order chi connectivity index (χ1) is 9.22. The van der Waals surface area contributed by atoms with Crippen molar-refractivity contribution in [1.29, 1.82) is 0 Å². The minimum Gasteiger partial charge on any atom is -0.399 e. The van der Waals surface area contributed by atoms with Crippen LogP contribution in [0.15, 0.2) is 42.5 Å². The summed E-state index contributed by atoms with van der Waals surface area (Å²) in [6.45, 7) is 1.99. The zero-order chi connectivity index (χ0) is 13.2. The molecule has 98 valence electrons. The van der Waals surface area contributed by atoms with E-state index in [0.717, 1.165) is 30.2 Å². The molecule has 0 amide bonds. The van der Waals surface area contributed by atoms with Crippen LogP contribution in [-0.2, 0) is 13.0 Å². The van der Waals surface area contributed by atoms with Gasteiger partial charge in [-0.05, 0) is 48.2 Å². The van der Waals surface area contributed by atoms with Crippen LogP contribution < -0.4 is 10.6 Å². The first-order valence-electron chi connectivity index (χ1n) is 6.60. The van der Waals surface area contributed by atoms with Crippen molar-refractivity contribution in [3.05, 3.63) is 58.6 Å². The fourth-order valence-electron chi connectivity index (χ4n) is 2.64. The van der Waals surface area contributed by atoms with Gasteiger partial charge in [-0.25, -0.2) is 0 Å². The van der Waals surface area contributed by atoms with Gasteiger partial charge < -0.3 is 10.6 Å². The van der Waals surface area contributed by atoms with Crippen molar-refractivity contribution in [3.63, 3.8) is 0 Å². The number of hydrogen-bond donors (Lipinski definition) is 1. The maximum atomic E-state index is 5.93. The summed E-state index contributed by atoms with van der Waals surface area (Å²) in [7, 11) is 0. The highest BCUT2D eigenvalue weighted by Crippen LogP contribution is 2.30. The van der Waals surface area contributed by atoms with Crippen LogP contribution in [0, 0.1) is 0 Å². The van der Waals surface area contributed by atoms with E-state index in [1.807, 2.05) is 18.2 Å². The summed E-state index contributed by atoms with van der Waals surface area (Å²) in [5.74, 6) is 0. The number of nitrogens with zero attached hydrogens (tertiary/aromatic N) is 1. The van der Waals surface area contributed by atoms with Gasteiger partial charge >= 0.3 is 0 Å². The third-order valence-corrected chi connectivity index (χ3v) is 3.86. The van der Waals surface area contributed by atoms with E-state index in [2.05, 4.69) is 29.2 Å². The molecule has 0 saturated carbocycles. The lowest BCUT2D eigenvalue weighted by Gasteiger charge is -2.31. The first-order valence-corrected chi connectivity index (χ1v) is 6.98. The molecule has 1 aliphatic heterocycles. The van der Waals surface area contributed by atoms with Crippen LogP contribution >= 0.6 is 11.6 Å². The van der Waals surface area contributed by atoms with Crippen LogP contribution in [0.2, 0.25) is 5.02 Å². The third-order valence-electron chi connectivity index (χ3n) is 3.61. The predicted molar refractivity (Wildman–Crippen MR) is 81.7 cm³/mol. The second-order valence-corrected chi connectivity index (χ2v) is 5.48. The topological polar surface area (TPSA) is 29.3 Å². The van der Waals surface area contributed by atoms with Gasteiger partial charge in [0.2, 0.25) is 0 Å². The number of hydrogen-bond acceptors (Lipinski definition) is 2. The van der Waals surface area contributed by atoms with Crippen molar-refractivity contribution in [2.75, 3.05) is 17.2 Å². The molecular weight excluding hydrogens is 256 g/mol. The number of fused-ring (bicyclic) bond motifs is 1. The molecule has 19 heavy (non-hydrogen) atoms. The van der Waals surface area contributed by atoms with Crippen LogP contribution in [0.5, 0.6) is 0 Å². The fourth-order valence-corrected chi connectivity index (χ4v) is 2.77. The summed E-state index contributed by atoms with van der Waals surface area (Å²) in [4.78, 5) is 2.40. The van der Waals surface area contributed by atoms with Crippen LogP contribution in [0.1, 0.15) is 17.5 Å². The number of anilines is 2. The van der Waals surface area contributed by atoms with Crippen molar-refractivity contribution in [2.24, 2.45) is 0 Å². The largest absolute Gasteiger partial charge is 0.399 e. The number of benzene rings is 2. The molecule has 0 aromatic heterocycles. The molecule has 0 bridgehead atoms.